The van der Waals surface area contributed by atoms with E-state index < -0.39 is 0 Å². The molecule has 0 amide bonds. The number of nitrogens with zero attached hydrogens (tertiary/aromatic N) is 2. The van der Waals surface area contributed by atoms with Crippen molar-refractivity contribution < 1.29 is 4.39 Å². The van der Waals surface area contributed by atoms with Crippen molar-refractivity contribution in [3.05, 3.63) is 54.0 Å². The molecule has 0 saturated heterocycles. The van der Waals surface area contributed by atoms with Crippen molar-refractivity contribution in [1.29, 1.82) is 0 Å². The third-order valence-electron chi connectivity index (χ3n) is 4.02. The molecule has 0 spiro atoms. The fourth-order valence-corrected chi connectivity index (χ4v) is 2.90. The van der Waals surface area contributed by atoms with Crippen molar-refractivity contribution in [2.75, 3.05) is 0 Å². The standard InChI is InChI=1S/C17H14FN3/c1-10-5-3-4-6-11(10)17-16(18)15-12-9-19-21(2)14(12)8-7-13(15)20-17/h3-9,19H,1-2H3. The first kappa shape index (κ1) is 12.1. The third-order valence-corrected chi connectivity index (χ3v) is 4.02. The van der Waals surface area contributed by atoms with Crippen molar-refractivity contribution in [2.24, 2.45) is 7.05 Å². The van der Waals surface area contributed by atoms with Gasteiger partial charge in [0, 0.05) is 29.6 Å². The van der Waals surface area contributed by atoms with Gasteiger partial charge in [-0.2, -0.15) is 0 Å². The molecule has 0 radical (unpaired) electrons. The molecule has 0 unspecified atom stereocenters. The lowest BCUT2D eigenvalue weighted by Crippen LogP contribution is -1.87. The van der Waals surface area contributed by atoms with E-state index in [0.717, 1.165) is 22.0 Å². The molecular formula is C17H14FN3. The van der Waals surface area contributed by atoms with Gasteiger partial charge < -0.3 is 5.10 Å². The Balaban J connectivity index is 2.11. The van der Waals surface area contributed by atoms with Gasteiger partial charge in [-0.1, -0.05) is 24.3 Å². The molecule has 4 rings (SSSR count). The predicted molar refractivity (Wildman–Crippen MR) is 82.7 cm³/mol. The molecule has 3 nitrogen and oxygen atoms in total. The molecule has 0 bridgehead atoms. The van der Waals surface area contributed by atoms with Crippen LogP contribution >= 0.6 is 0 Å². The number of benzene rings is 2. The number of hydrogen-bond donors (Lipinski definition) is 1. The van der Waals surface area contributed by atoms with Crippen LogP contribution < -0.4 is 0 Å². The lowest BCUT2D eigenvalue weighted by atomic mass is 10.1. The van der Waals surface area contributed by atoms with Gasteiger partial charge in [0.25, 0.3) is 0 Å². The summed E-state index contributed by atoms with van der Waals surface area (Å²) in [4.78, 5) is 4.50. The van der Waals surface area contributed by atoms with Crippen LogP contribution in [-0.2, 0) is 7.05 Å². The average Bonchev–Trinajstić information content (AvgIpc) is 3.01. The molecule has 2 aromatic carbocycles. The molecule has 4 aromatic rings. The van der Waals surface area contributed by atoms with Gasteiger partial charge in [-0.15, -0.1) is 0 Å². The molecule has 104 valence electrons. The maximum Gasteiger partial charge on any atom is 0.159 e. The maximum atomic E-state index is 14.9. The van der Waals surface area contributed by atoms with E-state index in [4.69, 9.17) is 0 Å². The largest absolute Gasteiger partial charge is 0.305 e. The second-order valence-corrected chi connectivity index (χ2v) is 5.31. The topological polar surface area (TPSA) is 33.6 Å². The van der Waals surface area contributed by atoms with Gasteiger partial charge in [0.15, 0.2) is 5.82 Å². The Morgan fingerprint density at radius 3 is 2.76 bits per heavy atom. The van der Waals surface area contributed by atoms with E-state index in [1.54, 1.807) is 0 Å². The fraction of sp³-hybridized carbons (Fsp3) is 0.118. The zero-order chi connectivity index (χ0) is 14.6. The van der Waals surface area contributed by atoms with Crippen LogP contribution in [0.3, 0.4) is 0 Å². The van der Waals surface area contributed by atoms with Crippen LogP contribution in [0.2, 0.25) is 0 Å². The van der Waals surface area contributed by atoms with Crippen LogP contribution in [0.1, 0.15) is 5.56 Å². The van der Waals surface area contributed by atoms with Gasteiger partial charge >= 0.3 is 0 Å². The fourth-order valence-electron chi connectivity index (χ4n) is 2.90. The highest BCUT2D eigenvalue weighted by molar-refractivity contribution is 6.07. The number of nitrogens with one attached hydrogen (secondary N) is 1. The van der Waals surface area contributed by atoms with E-state index in [9.17, 15) is 4.39 Å². The third kappa shape index (κ3) is 1.62. The number of H-pyrrole nitrogens is 1. The number of hydrogen-bond acceptors (Lipinski definition) is 1. The minimum atomic E-state index is -0.246. The number of rotatable bonds is 1. The molecule has 21 heavy (non-hydrogen) atoms. The molecule has 0 atom stereocenters. The summed E-state index contributed by atoms with van der Waals surface area (Å²) in [5.41, 5.74) is 3.96. The lowest BCUT2D eigenvalue weighted by molar-refractivity contribution is 0.643. The molecule has 2 aromatic heterocycles. The highest BCUT2D eigenvalue weighted by atomic mass is 19.1. The second-order valence-electron chi connectivity index (χ2n) is 5.31. The Morgan fingerprint density at radius 2 is 1.95 bits per heavy atom. The average molecular weight is 279 g/mol. The van der Waals surface area contributed by atoms with Gasteiger partial charge in [0.05, 0.1) is 11.0 Å². The summed E-state index contributed by atoms with van der Waals surface area (Å²) in [7, 11) is 1.91. The minimum Gasteiger partial charge on any atom is -0.305 e. The molecule has 0 saturated carbocycles. The van der Waals surface area contributed by atoms with Crippen molar-refractivity contribution in [3.8, 4) is 11.3 Å². The van der Waals surface area contributed by atoms with Gasteiger partial charge in [0.1, 0.15) is 5.69 Å². The van der Waals surface area contributed by atoms with Crippen LogP contribution in [0.15, 0.2) is 42.6 Å². The molecule has 4 heteroatoms. The van der Waals surface area contributed by atoms with Crippen molar-refractivity contribution in [3.63, 3.8) is 0 Å². The van der Waals surface area contributed by atoms with Gasteiger partial charge in [-0.3, -0.25) is 4.68 Å². The Labute approximate surface area is 121 Å². The number of fused-ring (bicyclic) bond motifs is 3. The van der Waals surface area contributed by atoms with Crippen LogP contribution in [-0.4, -0.2) is 14.8 Å². The maximum absolute atomic E-state index is 14.9. The first-order valence-electron chi connectivity index (χ1n) is 6.85. The summed E-state index contributed by atoms with van der Waals surface area (Å²) in [5, 5.41) is 4.53. The summed E-state index contributed by atoms with van der Waals surface area (Å²) >= 11 is 0. The van der Waals surface area contributed by atoms with E-state index in [1.165, 1.54) is 0 Å². The van der Waals surface area contributed by atoms with Gasteiger partial charge in [-0.25, -0.2) is 9.37 Å². The van der Waals surface area contributed by atoms with Crippen LogP contribution in [0.4, 0.5) is 4.39 Å². The monoisotopic (exact) mass is 279 g/mol. The summed E-state index contributed by atoms with van der Waals surface area (Å²) in [6, 6.07) is 11.6. The quantitative estimate of drug-likeness (QED) is 0.557. The normalized spacial score (nSPS) is 11.6. The zero-order valence-corrected chi connectivity index (χ0v) is 11.8. The number of aromatic nitrogens is 3. The SMILES string of the molecule is Cc1ccccc1-c1nc2ccc3c(c[nH]n3C)c2c1F. The number of halogens is 1. The summed E-state index contributed by atoms with van der Waals surface area (Å²) in [6.07, 6.45) is 1.82. The van der Waals surface area contributed by atoms with E-state index in [1.807, 2.05) is 61.2 Å². The van der Waals surface area contributed by atoms with Crippen LogP contribution in [0.25, 0.3) is 33.1 Å². The predicted octanol–water partition coefficient (Wildman–Crippen LogP) is 4.17. The van der Waals surface area contributed by atoms with Crippen molar-refractivity contribution in [1.82, 2.24) is 14.8 Å². The molecule has 0 aliphatic heterocycles. The summed E-state index contributed by atoms with van der Waals surface area (Å²) in [6.45, 7) is 1.97. The van der Waals surface area contributed by atoms with E-state index in [2.05, 4.69) is 10.1 Å². The zero-order valence-electron chi connectivity index (χ0n) is 11.8. The second kappa shape index (κ2) is 4.19. The van der Waals surface area contributed by atoms with Crippen LogP contribution in [0.5, 0.6) is 0 Å². The lowest BCUT2D eigenvalue weighted by Gasteiger charge is -2.01. The first-order chi connectivity index (χ1) is 10.2. The Hall–Kier alpha value is -2.62. The smallest absolute Gasteiger partial charge is 0.159 e. The van der Waals surface area contributed by atoms with Gasteiger partial charge in [0.2, 0.25) is 0 Å². The Bertz CT molecular complexity index is 978. The molecule has 0 fully saturated rings. The van der Waals surface area contributed by atoms with Gasteiger partial charge in [-0.05, 0) is 24.6 Å². The minimum absolute atomic E-state index is 0.246. The van der Waals surface area contributed by atoms with E-state index in [-0.39, 0.29) is 5.82 Å². The van der Waals surface area contributed by atoms with E-state index >= 15 is 0 Å². The Kier molecular flexibility index (Phi) is 2.42. The summed E-state index contributed by atoms with van der Waals surface area (Å²) in [5.74, 6) is -0.246. The van der Waals surface area contributed by atoms with E-state index in [0.29, 0.717) is 16.6 Å². The summed E-state index contributed by atoms with van der Waals surface area (Å²) < 4.78 is 16.8. The highest BCUT2D eigenvalue weighted by Gasteiger charge is 2.18. The van der Waals surface area contributed by atoms with Crippen LogP contribution in [0, 0.1) is 12.7 Å². The highest BCUT2D eigenvalue weighted by Crippen LogP contribution is 2.34. The Morgan fingerprint density at radius 1 is 1.14 bits per heavy atom. The number of aromatic amines is 1. The molecular weight excluding hydrogens is 265 g/mol. The molecule has 1 N–H and O–H groups in total. The molecule has 2 heterocycles. The number of aryl methyl sites for hydroxylation is 2. The van der Waals surface area contributed by atoms with Crippen molar-refractivity contribution >= 4 is 21.8 Å². The first-order valence-corrected chi connectivity index (χ1v) is 6.85. The molecule has 0 aliphatic rings. The van der Waals surface area contributed by atoms with Crippen molar-refractivity contribution in [2.45, 2.75) is 6.92 Å². The molecule has 0 aliphatic carbocycles.